The van der Waals surface area contributed by atoms with E-state index in [0.717, 1.165) is 13.8 Å². The first-order chi connectivity index (χ1) is 12.6. The van der Waals surface area contributed by atoms with Gasteiger partial charge in [0.1, 0.15) is 10.0 Å². The van der Waals surface area contributed by atoms with Gasteiger partial charge in [-0.05, 0) is 0 Å². The van der Waals surface area contributed by atoms with Crippen molar-refractivity contribution in [2.24, 2.45) is 11.3 Å². The van der Waals surface area contributed by atoms with Crippen LogP contribution in [0.5, 0.6) is 0 Å². The van der Waals surface area contributed by atoms with Gasteiger partial charge in [0.25, 0.3) is 0 Å². The van der Waals surface area contributed by atoms with Crippen LogP contribution in [0.3, 0.4) is 0 Å². The number of alkyl halides is 6. The summed E-state index contributed by atoms with van der Waals surface area (Å²) >= 11 is 0. The third kappa shape index (κ3) is 7.47. The molecule has 0 heterocycles. The van der Waals surface area contributed by atoms with Crippen molar-refractivity contribution < 1.29 is 70.8 Å². The number of hydrogen-bond donors (Lipinski definition) is 0. The molecule has 30 heavy (non-hydrogen) atoms. The van der Waals surface area contributed by atoms with E-state index in [0.29, 0.717) is 14.1 Å². The van der Waals surface area contributed by atoms with Gasteiger partial charge >= 0.3 is 39.9 Å². The van der Waals surface area contributed by atoms with Crippen LogP contribution in [0, 0.1) is 0 Å². The molecule has 0 aromatic rings. The van der Waals surface area contributed by atoms with Crippen LogP contribution in [0.25, 0.3) is 0 Å². The van der Waals surface area contributed by atoms with Gasteiger partial charge in [0.15, 0.2) is 0 Å². The Morgan fingerprint density at radius 2 is 1.07 bits per heavy atom. The minimum Gasteiger partial charge on any atom is -0.757 e. The van der Waals surface area contributed by atoms with Crippen molar-refractivity contribution >= 4 is 40.2 Å². The molecule has 11 nitrogen and oxygen atoms in total. The number of rotatable bonds is 7. The van der Waals surface area contributed by atoms with E-state index in [1.165, 1.54) is 0 Å². The number of halogens is 6. The summed E-state index contributed by atoms with van der Waals surface area (Å²) in [5, 5.41) is 0. The van der Waals surface area contributed by atoms with Gasteiger partial charge in [-0.2, -0.15) is 34.8 Å². The first kappa shape index (κ1) is 32.0. The maximum Gasteiger partial charge on any atom is 1.00 e. The number of sulfonamides is 1. The quantitative estimate of drug-likeness (QED) is 0.289. The third-order valence-corrected chi connectivity index (χ3v) is 10.9. The van der Waals surface area contributed by atoms with Crippen LogP contribution in [-0.4, -0.2) is 72.4 Å². The fourth-order valence-corrected chi connectivity index (χ4v) is 7.99. The van der Waals surface area contributed by atoms with Gasteiger partial charge in [0.05, 0.1) is 0 Å². The Hall–Kier alpha value is -0.143. The molecule has 0 bridgehead atoms. The van der Waals surface area contributed by atoms with Gasteiger partial charge in [0.2, 0.25) is 20.2 Å². The van der Waals surface area contributed by atoms with Crippen LogP contribution in [0.15, 0.2) is 11.3 Å². The van der Waals surface area contributed by atoms with E-state index >= 15 is 0 Å². The van der Waals surface area contributed by atoms with E-state index in [-0.39, 0.29) is 27.5 Å². The van der Waals surface area contributed by atoms with Crippen molar-refractivity contribution in [2.45, 2.75) is 24.9 Å². The molecule has 0 saturated heterocycles. The number of nitrogens with zero attached hydrogens (tertiary/aromatic N) is 5. The number of hydrogen-bond acceptors (Lipinski definition) is 6. The van der Waals surface area contributed by atoms with Gasteiger partial charge in [0, 0.05) is 27.2 Å². The molecule has 0 spiro atoms. The minimum absolute atomic E-state index is 0. The molecule has 0 aliphatic heterocycles. The summed E-state index contributed by atoms with van der Waals surface area (Å²) in [6, 6.07) is 0. The third-order valence-electron chi connectivity index (χ3n) is 2.87. The predicted molar refractivity (Wildman–Crippen MR) is 90.1 cm³/mol. The summed E-state index contributed by atoms with van der Waals surface area (Å²) in [5.41, 5.74) is -12.2. The van der Waals surface area contributed by atoms with Crippen molar-refractivity contribution in [3.63, 3.8) is 0 Å². The van der Waals surface area contributed by atoms with Crippen LogP contribution in [0.4, 0.5) is 26.3 Å². The molecule has 3 unspecified atom stereocenters. The van der Waals surface area contributed by atoms with Crippen molar-refractivity contribution in [1.29, 1.82) is 0 Å². The van der Waals surface area contributed by atoms with E-state index in [9.17, 15) is 51.9 Å². The van der Waals surface area contributed by atoms with Gasteiger partial charge in [-0.1, -0.05) is 21.4 Å². The Morgan fingerprint density at radius 1 is 0.733 bits per heavy atom. The zero-order chi connectivity index (χ0) is 23.7. The van der Waals surface area contributed by atoms with Crippen LogP contribution in [0.1, 0.15) is 13.8 Å². The molecule has 0 aliphatic carbocycles. The first-order valence-corrected chi connectivity index (χ1v) is 12.7. The molecular weight excluding hydrogens is 511 g/mol. The van der Waals surface area contributed by atoms with Crippen LogP contribution >= 0.6 is 0 Å². The monoisotopic (exact) mass is 527 g/mol. The molecule has 0 aromatic carbocycles. The molecule has 3 atom stereocenters. The topological polar surface area (TPSA) is 152 Å². The van der Waals surface area contributed by atoms with Gasteiger partial charge in [-0.3, -0.25) is 4.21 Å². The summed E-state index contributed by atoms with van der Waals surface area (Å²) in [4.78, 5) is 0. The minimum atomic E-state index is -6.53. The Morgan fingerprint density at radius 3 is 1.33 bits per heavy atom. The van der Waals surface area contributed by atoms with Crippen molar-refractivity contribution in [3.8, 4) is 0 Å². The maximum absolute atomic E-state index is 12.7. The summed E-state index contributed by atoms with van der Waals surface area (Å²) < 4.78 is 153. The molecule has 22 heteroatoms. The van der Waals surface area contributed by atoms with Crippen molar-refractivity contribution in [3.05, 3.63) is 0 Å². The van der Waals surface area contributed by atoms with E-state index in [2.05, 4.69) is 11.3 Å². The molecule has 176 valence electrons. The predicted octanol–water partition coefficient (Wildman–Crippen LogP) is -1.54. The second kappa shape index (κ2) is 10.2. The van der Waals surface area contributed by atoms with Gasteiger partial charge < -0.3 is 4.55 Å². The average Bonchev–Trinajstić information content (AvgIpc) is 2.49. The molecule has 0 amide bonds. The molecule has 0 rings (SSSR count). The SMILES string of the molecule is CCN(C)S(=O)(=NS(=O)(=O)C(F)(F)F)N=S(=O)(N=S(=O)([O-])C(F)(F)F)N(C)CC.[Li+]. The normalized spacial score (nSPS) is 19.2. The summed E-state index contributed by atoms with van der Waals surface area (Å²) in [5.74, 6) is 0. The molecular formula is C8H16F6LiN5O6S4. The molecule has 0 fully saturated rings. The smallest absolute Gasteiger partial charge is 0.757 e. The zero-order valence-corrected chi connectivity index (χ0v) is 19.3. The summed E-state index contributed by atoms with van der Waals surface area (Å²) in [6.45, 7) is 1.13. The fraction of sp³-hybridized carbons (Fsp3) is 1.00. The Balaban J connectivity index is 0. The zero-order valence-electron chi connectivity index (χ0n) is 16.0. The molecule has 0 saturated carbocycles. The standard InChI is InChI=1S/C8H17F6N5O6S4.Li/c1-5-18(3)28(24,15-26(20,21)7(9,10)11)17-29(25,19(4)6-2)16-27(22,23)8(12,13)14;/h5-6H2,1-4H3,(H,15,16,17,20,21,24,25);/q;+1/p-1. The van der Waals surface area contributed by atoms with E-state index in [1.54, 1.807) is 0 Å². The molecule has 0 aromatic heterocycles. The summed E-state index contributed by atoms with van der Waals surface area (Å²) in [7, 11) is -22.2. The van der Waals surface area contributed by atoms with Crippen LogP contribution in [-0.2, 0) is 40.2 Å². The van der Waals surface area contributed by atoms with Crippen molar-refractivity contribution in [1.82, 2.24) is 8.61 Å². The molecule has 0 N–H and O–H groups in total. The van der Waals surface area contributed by atoms with Crippen LogP contribution in [0.2, 0.25) is 0 Å². The Bertz CT molecular complexity index is 1080. The first-order valence-electron chi connectivity index (χ1n) is 6.94. The van der Waals surface area contributed by atoms with Gasteiger partial charge in [-0.15, -0.1) is 3.77 Å². The second-order valence-corrected chi connectivity index (χ2v) is 12.6. The van der Waals surface area contributed by atoms with Gasteiger partial charge in [-0.25, -0.2) is 17.0 Å². The van der Waals surface area contributed by atoms with Crippen LogP contribution < -0.4 is 18.9 Å². The molecule has 0 aliphatic rings. The molecule has 0 radical (unpaired) electrons. The fourth-order valence-electron chi connectivity index (χ4n) is 1.06. The second-order valence-electron chi connectivity index (χ2n) is 4.89. The Kier molecular flexibility index (Phi) is 10.9. The van der Waals surface area contributed by atoms with E-state index < -0.39 is 64.3 Å². The summed E-state index contributed by atoms with van der Waals surface area (Å²) in [6.07, 6.45) is 0. The average molecular weight is 527 g/mol. The largest absolute Gasteiger partial charge is 1.00 e. The van der Waals surface area contributed by atoms with Crippen molar-refractivity contribution in [2.75, 3.05) is 27.2 Å². The Labute approximate surface area is 182 Å². The van der Waals surface area contributed by atoms with E-state index in [1.807, 2.05) is 0 Å². The van der Waals surface area contributed by atoms with E-state index in [4.69, 9.17) is 0 Å². The maximum atomic E-state index is 12.7.